The van der Waals surface area contributed by atoms with Crippen molar-refractivity contribution < 1.29 is 33.4 Å². The van der Waals surface area contributed by atoms with Crippen molar-refractivity contribution in [2.24, 2.45) is 0 Å². The maximum absolute atomic E-state index is 13.5. The van der Waals surface area contributed by atoms with Crippen LogP contribution in [0, 0.1) is 17.1 Å². The Balaban J connectivity index is 1.44. The van der Waals surface area contributed by atoms with Gasteiger partial charge in [0.05, 0.1) is 51.3 Å². The maximum atomic E-state index is 13.5. The van der Waals surface area contributed by atoms with Gasteiger partial charge in [-0.3, -0.25) is 9.78 Å². The molecule has 1 aliphatic rings. The van der Waals surface area contributed by atoms with Crippen LogP contribution in [0.1, 0.15) is 24.0 Å². The summed E-state index contributed by atoms with van der Waals surface area (Å²) in [7, 11) is 0.170. The summed E-state index contributed by atoms with van der Waals surface area (Å²) in [5.74, 6) is 0.548. The van der Waals surface area contributed by atoms with E-state index in [1.54, 1.807) is 42.5 Å². The number of halogens is 2. The second-order valence-electron chi connectivity index (χ2n) is 10.1. The van der Waals surface area contributed by atoms with Crippen LogP contribution >= 0.6 is 22.4 Å². The highest BCUT2D eigenvalue weighted by Gasteiger charge is 2.33. The lowest BCUT2D eigenvalue weighted by Crippen LogP contribution is -2.24. The van der Waals surface area contributed by atoms with Crippen LogP contribution in [-0.4, -0.2) is 56.0 Å². The summed E-state index contributed by atoms with van der Waals surface area (Å²) in [6.45, 7) is -0.654. The van der Waals surface area contributed by atoms with E-state index in [2.05, 4.69) is 21.7 Å². The molecule has 1 amide bonds. The number of amides is 1. The molecule has 4 aromatic rings. The van der Waals surface area contributed by atoms with Crippen LogP contribution in [0.5, 0.6) is 11.5 Å². The number of nitrogens with zero attached hydrogens (tertiary/aromatic N) is 2. The van der Waals surface area contributed by atoms with E-state index in [4.69, 9.17) is 21.1 Å². The van der Waals surface area contributed by atoms with E-state index < -0.39 is 22.9 Å². The molecule has 4 N–H and O–H groups in total. The molecule has 234 valence electrons. The highest BCUT2D eigenvalue weighted by atomic mass is 35.5. The number of rotatable bonds is 12. The predicted octanol–water partition coefficient (Wildman–Crippen LogP) is 5.45. The largest absolute Gasteiger partial charge is 0.605 e. The van der Waals surface area contributed by atoms with Crippen LogP contribution < -0.4 is 20.1 Å². The van der Waals surface area contributed by atoms with Gasteiger partial charge >= 0.3 is 0 Å². The van der Waals surface area contributed by atoms with Crippen molar-refractivity contribution in [2.45, 2.75) is 30.8 Å². The minimum absolute atomic E-state index is 0.0457. The van der Waals surface area contributed by atoms with Gasteiger partial charge in [0.2, 0.25) is 5.91 Å². The number of carbonyl (C=O) groups excluding carboxylic acids is 1. The molecular weight excluding hydrogens is 643 g/mol. The highest BCUT2D eigenvalue weighted by Crippen LogP contribution is 2.38. The Morgan fingerprint density at radius 1 is 1.24 bits per heavy atom. The van der Waals surface area contributed by atoms with Gasteiger partial charge < -0.3 is 34.9 Å². The average molecular weight is 671 g/mol. The fourth-order valence-corrected chi connectivity index (χ4v) is 8.13. The number of anilines is 3. The summed E-state index contributed by atoms with van der Waals surface area (Å²) >= 11 is 6.50. The van der Waals surface area contributed by atoms with Crippen molar-refractivity contribution in [1.29, 1.82) is 5.26 Å². The Morgan fingerprint density at radius 3 is 2.80 bits per heavy atom. The summed E-state index contributed by atoms with van der Waals surface area (Å²) in [6, 6.07) is 16.3. The topological polar surface area (TPSA) is 160 Å². The van der Waals surface area contributed by atoms with Gasteiger partial charge in [-0.25, -0.2) is 4.39 Å². The van der Waals surface area contributed by atoms with Gasteiger partial charge in [0.25, 0.3) is 0 Å². The lowest BCUT2D eigenvalue weighted by Gasteiger charge is -2.18. The van der Waals surface area contributed by atoms with Gasteiger partial charge in [-0.1, -0.05) is 23.7 Å². The SMILES string of the molecule is N#Cc1cnc2cc(OCC(O)CO)c(NC(=O)CC3CCS[S+]3[O-])cc2c1Nc1ccc(OCc2cccc(F)c2)c(Cl)c1. The van der Waals surface area contributed by atoms with Crippen LogP contribution in [0.3, 0.4) is 0 Å². The summed E-state index contributed by atoms with van der Waals surface area (Å²) in [5, 5.41) is 35.5. The number of ether oxygens (including phenoxy) is 2. The molecule has 1 saturated heterocycles. The number of hydrogen-bond donors (Lipinski definition) is 4. The molecule has 0 spiro atoms. The fourth-order valence-electron chi connectivity index (χ4n) is 4.56. The molecule has 3 unspecified atom stereocenters. The molecule has 3 aromatic carbocycles. The van der Waals surface area contributed by atoms with Crippen LogP contribution in [0.4, 0.5) is 21.5 Å². The summed E-state index contributed by atoms with van der Waals surface area (Å²) in [6.07, 6.45) is 0.943. The zero-order valence-corrected chi connectivity index (χ0v) is 26.1. The molecule has 10 nitrogen and oxygen atoms in total. The number of fused-ring (bicyclic) bond motifs is 1. The molecule has 0 aliphatic carbocycles. The lowest BCUT2D eigenvalue weighted by atomic mass is 10.1. The molecule has 0 saturated carbocycles. The minimum atomic E-state index is -1.15. The van der Waals surface area contributed by atoms with Crippen LogP contribution in [0.2, 0.25) is 5.02 Å². The first kappa shape index (κ1) is 32.6. The average Bonchev–Trinajstić information content (AvgIpc) is 3.43. The number of aliphatic hydroxyl groups is 2. The van der Waals surface area contributed by atoms with E-state index in [0.717, 1.165) is 5.75 Å². The Morgan fingerprint density at radius 2 is 2.09 bits per heavy atom. The van der Waals surface area contributed by atoms with Gasteiger partial charge in [0.1, 0.15) is 48.0 Å². The normalized spacial score (nSPS) is 16.6. The molecular formula is C31H28ClFN4O6S2. The standard InChI is InChI=1S/C31H28ClFN4O6S2/c32-25-9-21(4-5-28(25)42-16-18-2-1-3-20(33)8-18)36-31-19(13-34)14-35-26-12-29(43-17-22(39)15-38)27(11-24(26)31)37-30(40)10-23-6-7-44-45(23)41/h1-5,8-9,11-12,14,22-23,38-39H,6-7,10,15-17H2,(H,35,36)(H,37,40). The Bertz CT molecular complexity index is 1740. The first-order valence-corrected chi connectivity index (χ1v) is 16.9. The van der Waals surface area contributed by atoms with Crippen molar-refractivity contribution >= 4 is 66.5 Å². The van der Waals surface area contributed by atoms with Gasteiger partial charge in [-0.2, -0.15) is 5.26 Å². The van der Waals surface area contributed by atoms with E-state index in [0.29, 0.717) is 40.0 Å². The van der Waals surface area contributed by atoms with Gasteiger partial charge in [0.15, 0.2) is 0 Å². The van der Waals surface area contributed by atoms with Gasteiger partial charge in [0, 0.05) is 45.7 Å². The molecule has 1 aromatic heterocycles. The van der Waals surface area contributed by atoms with Gasteiger partial charge in [-0.15, -0.1) is 0 Å². The van der Waals surface area contributed by atoms with Crippen LogP contribution in [-0.2, 0) is 21.6 Å². The van der Waals surface area contributed by atoms with Crippen LogP contribution in [0.15, 0.2) is 60.8 Å². The Kier molecular flexibility index (Phi) is 10.9. The first-order valence-electron chi connectivity index (χ1n) is 13.8. The molecule has 2 heterocycles. The number of aromatic nitrogens is 1. The van der Waals surface area contributed by atoms with Crippen molar-refractivity contribution in [2.75, 3.05) is 29.6 Å². The maximum Gasteiger partial charge on any atom is 0.229 e. The third-order valence-corrected chi connectivity index (χ3v) is 10.7. The second-order valence-corrected chi connectivity index (χ2v) is 14.0. The molecule has 3 atom stereocenters. The van der Waals surface area contributed by atoms with Crippen molar-refractivity contribution in [3.05, 3.63) is 82.8 Å². The van der Waals surface area contributed by atoms with Crippen molar-refractivity contribution in [3.8, 4) is 17.6 Å². The third kappa shape index (κ3) is 8.29. The zero-order chi connectivity index (χ0) is 31.9. The lowest BCUT2D eigenvalue weighted by molar-refractivity contribution is -0.116. The Hall–Kier alpha value is -3.77. The van der Waals surface area contributed by atoms with E-state index in [1.807, 2.05) is 0 Å². The van der Waals surface area contributed by atoms with Crippen molar-refractivity contribution in [1.82, 2.24) is 4.98 Å². The molecule has 1 aliphatic heterocycles. The smallest absolute Gasteiger partial charge is 0.229 e. The summed E-state index contributed by atoms with van der Waals surface area (Å²) in [5.41, 5.74) is 2.43. The molecule has 5 rings (SSSR count). The van der Waals surface area contributed by atoms with E-state index >= 15 is 0 Å². The number of aliphatic hydroxyl groups excluding tert-OH is 2. The Labute approximate surface area is 270 Å². The zero-order valence-electron chi connectivity index (χ0n) is 23.7. The third-order valence-electron chi connectivity index (χ3n) is 6.81. The number of carbonyl (C=O) groups is 1. The van der Waals surface area contributed by atoms with E-state index in [9.17, 15) is 29.2 Å². The summed E-state index contributed by atoms with van der Waals surface area (Å²) in [4.78, 5) is 17.4. The van der Waals surface area contributed by atoms with E-state index in [1.165, 1.54) is 29.1 Å². The number of nitriles is 1. The van der Waals surface area contributed by atoms with E-state index in [-0.39, 0.29) is 58.6 Å². The monoisotopic (exact) mass is 670 g/mol. The second kappa shape index (κ2) is 15.0. The number of pyridine rings is 1. The molecule has 45 heavy (non-hydrogen) atoms. The number of hydrogen-bond acceptors (Lipinski definition) is 10. The fraction of sp³-hybridized carbons (Fsp3) is 0.258. The minimum Gasteiger partial charge on any atom is -0.605 e. The number of benzene rings is 3. The molecule has 1 fully saturated rings. The first-order chi connectivity index (χ1) is 21.7. The molecule has 14 heteroatoms. The molecule has 0 bridgehead atoms. The number of nitrogens with one attached hydrogen (secondary N) is 2. The summed E-state index contributed by atoms with van der Waals surface area (Å²) < 4.78 is 37.2. The predicted molar refractivity (Wildman–Crippen MR) is 173 cm³/mol. The molecule has 0 radical (unpaired) electrons. The van der Waals surface area contributed by atoms with Crippen LogP contribution in [0.25, 0.3) is 10.9 Å². The van der Waals surface area contributed by atoms with Crippen molar-refractivity contribution in [3.63, 3.8) is 0 Å². The van der Waals surface area contributed by atoms with Gasteiger partial charge in [-0.05, 0) is 42.0 Å². The quantitative estimate of drug-likeness (QED) is 0.113. The highest BCUT2D eigenvalue weighted by molar-refractivity contribution is 8.72.